The van der Waals surface area contributed by atoms with Gasteiger partial charge in [-0.05, 0) is 96.3 Å². The standard InChI is InChI=1S/C52H86NO8P/c1-6-8-10-12-14-16-18-20-22-24-26-28-30-32-34-36-38-40-42-44-51(54)58-48-50(49-60-62(56,57)59-47-46-53(3,4)5)61-52(55)45-43-41-39-37-35-33-31-29-27-25-23-21-19-17-15-13-11-9-7-2/h14-17,20-23,26-29,32-35,38,40,50H,6-13,18-19,24-25,30-31,36-37,39,41-49H2,1-5H3/p+1/b16-14+,17-15+,22-20+,23-21+,28-26+,29-27+,34-32+,35-33+,40-38+/t50-/m1/s1. The maximum atomic E-state index is 12.7. The molecule has 1 unspecified atom stereocenters. The molecule has 0 heterocycles. The molecule has 0 aromatic rings. The fourth-order valence-electron chi connectivity index (χ4n) is 5.57. The van der Waals surface area contributed by atoms with E-state index in [4.69, 9.17) is 18.5 Å². The number of esters is 2. The lowest BCUT2D eigenvalue weighted by Gasteiger charge is -2.24. The Morgan fingerprint density at radius 3 is 1.32 bits per heavy atom. The summed E-state index contributed by atoms with van der Waals surface area (Å²) in [6.07, 6.45) is 58.7. The van der Waals surface area contributed by atoms with E-state index in [9.17, 15) is 19.0 Å². The largest absolute Gasteiger partial charge is 0.472 e. The number of likely N-dealkylation sites (N-methyl/N-ethyl adjacent to an activating group) is 1. The summed E-state index contributed by atoms with van der Waals surface area (Å²) in [4.78, 5) is 35.4. The molecular formula is C52H87NO8P+. The van der Waals surface area contributed by atoms with E-state index in [2.05, 4.69) is 111 Å². The summed E-state index contributed by atoms with van der Waals surface area (Å²) >= 11 is 0. The van der Waals surface area contributed by atoms with E-state index in [1.807, 2.05) is 33.3 Å². The molecule has 0 fully saturated rings. The van der Waals surface area contributed by atoms with Crippen LogP contribution in [0.15, 0.2) is 109 Å². The lowest BCUT2D eigenvalue weighted by molar-refractivity contribution is -0.870. The van der Waals surface area contributed by atoms with E-state index in [1.54, 1.807) is 0 Å². The number of quaternary nitrogens is 1. The predicted octanol–water partition coefficient (Wildman–Crippen LogP) is 13.9. The summed E-state index contributed by atoms with van der Waals surface area (Å²) < 4.78 is 34.2. The first-order valence-corrected chi connectivity index (χ1v) is 25.1. The van der Waals surface area contributed by atoms with Crippen LogP contribution in [0.25, 0.3) is 0 Å². The molecule has 0 rings (SSSR count). The molecule has 62 heavy (non-hydrogen) atoms. The van der Waals surface area contributed by atoms with Gasteiger partial charge in [0.1, 0.15) is 19.8 Å². The molecule has 0 aliphatic carbocycles. The van der Waals surface area contributed by atoms with Crippen LogP contribution < -0.4 is 0 Å². The summed E-state index contributed by atoms with van der Waals surface area (Å²) in [6, 6.07) is 0. The molecule has 352 valence electrons. The zero-order valence-corrected chi connectivity index (χ0v) is 40.4. The van der Waals surface area contributed by atoms with Crippen molar-refractivity contribution in [2.75, 3.05) is 47.5 Å². The van der Waals surface area contributed by atoms with Crippen LogP contribution >= 0.6 is 7.82 Å². The third-order valence-electron chi connectivity index (χ3n) is 9.29. The van der Waals surface area contributed by atoms with Crippen LogP contribution in [0, 0.1) is 0 Å². The number of nitrogens with zero attached hydrogens (tertiary/aromatic N) is 1. The number of allylic oxidation sites excluding steroid dienone is 18. The van der Waals surface area contributed by atoms with Gasteiger partial charge in [-0.3, -0.25) is 18.6 Å². The maximum absolute atomic E-state index is 12.7. The van der Waals surface area contributed by atoms with Gasteiger partial charge in [0.2, 0.25) is 0 Å². The Kier molecular flexibility index (Phi) is 40.6. The summed E-state index contributed by atoms with van der Waals surface area (Å²) in [7, 11) is 1.40. The molecule has 0 aliphatic rings. The van der Waals surface area contributed by atoms with Crippen molar-refractivity contribution in [3.05, 3.63) is 109 Å². The van der Waals surface area contributed by atoms with Crippen molar-refractivity contribution < 1.29 is 42.1 Å². The molecule has 10 heteroatoms. The molecule has 0 saturated carbocycles. The highest BCUT2D eigenvalue weighted by molar-refractivity contribution is 7.47. The number of hydrogen-bond donors (Lipinski definition) is 1. The van der Waals surface area contributed by atoms with Crippen molar-refractivity contribution in [2.45, 2.75) is 161 Å². The third kappa shape index (κ3) is 46.2. The maximum Gasteiger partial charge on any atom is 0.472 e. The fraction of sp³-hybridized carbons (Fsp3) is 0.615. The number of ether oxygens (including phenoxy) is 2. The Balaban J connectivity index is 4.53. The van der Waals surface area contributed by atoms with Crippen LogP contribution in [-0.2, 0) is 32.7 Å². The number of hydrogen-bond acceptors (Lipinski definition) is 7. The molecule has 0 radical (unpaired) electrons. The molecule has 0 bridgehead atoms. The lowest BCUT2D eigenvalue weighted by Crippen LogP contribution is -2.37. The average Bonchev–Trinajstić information content (AvgIpc) is 3.23. The molecule has 0 aromatic heterocycles. The van der Waals surface area contributed by atoms with Gasteiger partial charge in [-0.25, -0.2) is 4.57 Å². The first-order chi connectivity index (χ1) is 30.0. The molecule has 0 spiro atoms. The molecule has 9 nitrogen and oxygen atoms in total. The fourth-order valence-corrected chi connectivity index (χ4v) is 6.31. The van der Waals surface area contributed by atoms with E-state index in [0.29, 0.717) is 23.9 Å². The van der Waals surface area contributed by atoms with Crippen LogP contribution in [0.2, 0.25) is 0 Å². The van der Waals surface area contributed by atoms with Crippen LogP contribution in [0.5, 0.6) is 0 Å². The van der Waals surface area contributed by atoms with Gasteiger partial charge in [-0.1, -0.05) is 155 Å². The predicted molar refractivity (Wildman–Crippen MR) is 261 cm³/mol. The number of phosphoric acid groups is 1. The monoisotopic (exact) mass is 885 g/mol. The molecule has 0 aliphatic heterocycles. The summed E-state index contributed by atoms with van der Waals surface area (Å²) in [5.41, 5.74) is 0. The Labute approximate surface area is 378 Å². The molecular weight excluding hydrogens is 798 g/mol. The zero-order valence-electron chi connectivity index (χ0n) is 39.6. The number of carbonyl (C=O) groups is 2. The van der Waals surface area contributed by atoms with Gasteiger partial charge in [0.25, 0.3) is 0 Å². The Morgan fingerprint density at radius 2 is 0.903 bits per heavy atom. The Morgan fingerprint density at radius 1 is 0.500 bits per heavy atom. The average molecular weight is 885 g/mol. The van der Waals surface area contributed by atoms with Crippen molar-refractivity contribution >= 4 is 19.8 Å². The van der Waals surface area contributed by atoms with Crippen molar-refractivity contribution in [1.82, 2.24) is 0 Å². The van der Waals surface area contributed by atoms with E-state index < -0.39 is 32.5 Å². The molecule has 0 saturated heterocycles. The smallest absolute Gasteiger partial charge is 0.462 e. The van der Waals surface area contributed by atoms with Gasteiger partial charge in [-0.2, -0.15) is 0 Å². The minimum atomic E-state index is -4.41. The summed E-state index contributed by atoms with van der Waals surface area (Å²) in [6.45, 7) is 4.22. The van der Waals surface area contributed by atoms with Crippen LogP contribution in [0.3, 0.4) is 0 Å². The van der Waals surface area contributed by atoms with Crippen molar-refractivity contribution in [2.24, 2.45) is 0 Å². The van der Waals surface area contributed by atoms with Gasteiger partial charge >= 0.3 is 19.8 Å². The lowest BCUT2D eigenvalue weighted by atomic mass is 10.1. The Bertz CT molecular complexity index is 1420. The van der Waals surface area contributed by atoms with E-state index in [1.165, 1.54) is 51.4 Å². The topological polar surface area (TPSA) is 108 Å². The minimum Gasteiger partial charge on any atom is -0.462 e. The number of carbonyl (C=O) groups excluding carboxylic acids is 2. The number of phosphoric ester groups is 1. The number of rotatable bonds is 41. The van der Waals surface area contributed by atoms with Crippen molar-refractivity contribution in [3.8, 4) is 0 Å². The van der Waals surface area contributed by atoms with E-state index >= 15 is 0 Å². The normalized spacial score (nSPS) is 14.5. The quantitative estimate of drug-likeness (QED) is 0.0213. The van der Waals surface area contributed by atoms with E-state index in [-0.39, 0.29) is 26.1 Å². The summed E-state index contributed by atoms with van der Waals surface area (Å²) in [5.74, 6) is -0.942. The first-order valence-electron chi connectivity index (χ1n) is 23.6. The van der Waals surface area contributed by atoms with E-state index in [0.717, 1.165) is 64.2 Å². The third-order valence-corrected chi connectivity index (χ3v) is 10.3. The number of unbranched alkanes of at least 4 members (excludes halogenated alkanes) is 9. The minimum absolute atomic E-state index is 0.00765. The highest BCUT2D eigenvalue weighted by atomic mass is 31.2. The van der Waals surface area contributed by atoms with Gasteiger partial charge in [0.05, 0.1) is 27.7 Å². The SMILES string of the molecule is CCCCC/C=C/C/C=C/C/C=C/C/C=C/C/C=C/CCC(=O)OC[C@H](COP(=O)(O)OCC[N+](C)(C)C)OC(=O)CCCCC/C=C/C/C=C/C/C=C/C/C=C/CCCCC. The highest BCUT2D eigenvalue weighted by Crippen LogP contribution is 2.43. The van der Waals surface area contributed by atoms with Crippen molar-refractivity contribution in [3.63, 3.8) is 0 Å². The van der Waals surface area contributed by atoms with Gasteiger partial charge < -0.3 is 18.9 Å². The van der Waals surface area contributed by atoms with Gasteiger partial charge in [0, 0.05) is 12.8 Å². The van der Waals surface area contributed by atoms with Crippen LogP contribution in [0.4, 0.5) is 0 Å². The highest BCUT2D eigenvalue weighted by Gasteiger charge is 2.27. The first kappa shape index (κ1) is 58.7. The Hall–Kier alpha value is -3.33. The van der Waals surface area contributed by atoms with Crippen LogP contribution in [0.1, 0.15) is 155 Å². The second-order valence-electron chi connectivity index (χ2n) is 16.4. The molecule has 0 aromatic carbocycles. The zero-order chi connectivity index (χ0) is 45.7. The summed E-state index contributed by atoms with van der Waals surface area (Å²) in [5, 5.41) is 0. The molecule has 0 amide bonds. The van der Waals surface area contributed by atoms with Gasteiger partial charge in [-0.15, -0.1) is 0 Å². The van der Waals surface area contributed by atoms with Crippen LogP contribution in [-0.4, -0.2) is 74.9 Å². The molecule has 2 atom stereocenters. The molecule has 1 N–H and O–H groups in total. The van der Waals surface area contributed by atoms with Crippen molar-refractivity contribution in [1.29, 1.82) is 0 Å². The second kappa shape index (κ2) is 42.9. The second-order valence-corrected chi connectivity index (χ2v) is 17.9. The van der Waals surface area contributed by atoms with Gasteiger partial charge in [0.15, 0.2) is 6.10 Å².